The van der Waals surface area contributed by atoms with Gasteiger partial charge in [0.05, 0.1) is 0 Å². The van der Waals surface area contributed by atoms with Crippen molar-refractivity contribution in [2.24, 2.45) is 0 Å². The third-order valence-corrected chi connectivity index (χ3v) is 1.14. The second kappa shape index (κ2) is 10.4. The molecular weight excluding hydrogens is 234 g/mol. The molecule has 0 bridgehead atoms. The average molecular weight is 244 g/mol. The first-order chi connectivity index (χ1) is 3.93. The summed E-state index contributed by atoms with van der Waals surface area (Å²) in [5, 5.41) is 0. The van der Waals surface area contributed by atoms with Crippen molar-refractivity contribution in [1.82, 2.24) is 0 Å². The van der Waals surface area contributed by atoms with Crippen molar-refractivity contribution in [3.63, 3.8) is 0 Å². The first-order valence-electron chi connectivity index (χ1n) is 2.87. The number of rotatable bonds is 1. The molecule has 0 fully saturated rings. The maximum atomic E-state index is 2.12. The second-order valence-corrected chi connectivity index (χ2v) is 1.71. The van der Waals surface area contributed by atoms with E-state index in [0.29, 0.717) is 0 Å². The molecule has 0 aliphatic heterocycles. The van der Waals surface area contributed by atoms with Crippen LogP contribution in [0, 0.1) is 0 Å². The van der Waals surface area contributed by atoms with E-state index in [2.05, 4.69) is 23.9 Å². The molecule has 1 heterocycles. The Labute approximate surface area is 92.8 Å². The number of hydrogen-bond donors (Lipinski definition) is 0. The zero-order valence-electron chi connectivity index (χ0n) is 6.50. The van der Waals surface area contributed by atoms with Crippen molar-refractivity contribution in [3.8, 4) is 0 Å². The van der Waals surface area contributed by atoms with E-state index in [1.165, 1.54) is 0 Å². The summed E-state index contributed by atoms with van der Waals surface area (Å²) in [6.45, 7) is 3.18. The van der Waals surface area contributed by atoms with Crippen LogP contribution in [0.5, 0.6) is 0 Å². The summed E-state index contributed by atoms with van der Waals surface area (Å²) in [5.41, 5.74) is 0. The standard InChI is InChI=1S/C7H10N.2ClH.Zn/c1-2-8-6-4-3-5-7-8;;;/h3-7H,2H2,1H3;2*1H;/q+1;;;/p-2. The molecule has 0 radical (unpaired) electrons. The van der Waals surface area contributed by atoms with Gasteiger partial charge in [0.15, 0.2) is 12.4 Å². The van der Waals surface area contributed by atoms with E-state index in [1.54, 1.807) is 0 Å². The van der Waals surface area contributed by atoms with E-state index in [9.17, 15) is 0 Å². The van der Waals surface area contributed by atoms with Crippen molar-refractivity contribution >= 4 is 0 Å². The van der Waals surface area contributed by atoms with E-state index in [1.807, 2.05) is 18.2 Å². The maximum absolute atomic E-state index is 2.12. The van der Waals surface area contributed by atoms with Gasteiger partial charge < -0.3 is 24.8 Å². The Bertz CT molecular complexity index is 158. The Morgan fingerprint density at radius 2 is 1.45 bits per heavy atom. The summed E-state index contributed by atoms with van der Waals surface area (Å²) in [4.78, 5) is 0. The van der Waals surface area contributed by atoms with Gasteiger partial charge in [0.1, 0.15) is 6.54 Å². The molecule has 1 rings (SSSR count). The molecule has 0 amide bonds. The van der Waals surface area contributed by atoms with Gasteiger partial charge in [0.2, 0.25) is 0 Å². The van der Waals surface area contributed by atoms with Gasteiger partial charge in [0.25, 0.3) is 0 Å². The molecular formula is C7H10Cl2NZn-. The summed E-state index contributed by atoms with van der Waals surface area (Å²) in [6.07, 6.45) is 4.11. The van der Waals surface area contributed by atoms with Crippen LogP contribution in [-0.2, 0) is 26.0 Å². The molecule has 0 spiro atoms. The first-order valence-corrected chi connectivity index (χ1v) is 2.87. The topological polar surface area (TPSA) is 3.88 Å². The minimum atomic E-state index is 0. The number of nitrogens with zero attached hydrogens (tertiary/aromatic N) is 1. The molecule has 0 atom stereocenters. The normalized spacial score (nSPS) is 6.64. The Morgan fingerprint density at radius 3 is 1.73 bits per heavy atom. The van der Waals surface area contributed by atoms with Crippen LogP contribution in [0.25, 0.3) is 0 Å². The summed E-state index contributed by atoms with van der Waals surface area (Å²) < 4.78 is 2.12. The molecule has 0 saturated carbocycles. The smallest absolute Gasteiger partial charge is 0.168 e. The molecule has 0 aliphatic carbocycles. The summed E-state index contributed by atoms with van der Waals surface area (Å²) in [6, 6.07) is 6.08. The largest absolute Gasteiger partial charge is 1.00 e. The zero-order chi connectivity index (χ0) is 5.82. The minimum absolute atomic E-state index is 0. The van der Waals surface area contributed by atoms with E-state index in [4.69, 9.17) is 0 Å². The second-order valence-electron chi connectivity index (χ2n) is 1.71. The fourth-order valence-corrected chi connectivity index (χ4v) is 0.645. The fourth-order valence-electron chi connectivity index (χ4n) is 0.645. The molecule has 4 heteroatoms. The van der Waals surface area contributed by atoms with Crippen LogP contribution in [0.1, 0.15) is 6.92 Å². The Hall–Kier alpha value is 0.353. The molecule has 1 aromatic rings. The fraction of sp³-hybridized carbons (Fsp3) is 0.286. The minimum Gasteiger partial charge on any atom is -1.00 e. The Kier molecular flexibility index (Phi) is 16.4. The van der Waals surface area contributed by atoms with Crippen LogP contribution in [0.15, 0.2) is 30.6 Å². The van der Waals surface area contributed by atoms with Gasteiger partial charge in [0, 0.05) is 31.6 Å². The molecule has 0 N–H and O–H groups in total. The van der Waals surface area contributed by atoms with Gasteiger partial charge in [-0.05, 0) is 6.92 Å². The van der Waals surface area contributed by atoms with Gasteiger partial charge in [-0.1, -0.05) is 6.07 Å². The van der Waals surface area contributed by atoms with Gasteiger partial charge >= 0.3 is 0 Å². The Balaban J connectivity index is -0.000000213. The summed E-state index contributed by atoms with van der Waals surface area (Å²) in [7, 11) is 0. The van der Waals surface area contributed by atoms with Gasteiger partial charge in [-0.3, -0.25) is 0 Å². The van der Waals surface area contributed by atoms with Crippen molar-refractivity contribution in [1.29, 1.82) is 0 Å². The van der Waals surface area contributed by atoms with Gasteiger partial charge in [-0.25, -0.2) is 4.57 Å². The quantitative estimate of drug-likeness (QED) is 0.344. The molecule has 0 aliphatic rings. The zero-order valence-corrected chi connectivity index (χ0v) is 11.0. The molecule has 1 nitrogen and oxygen atoms in total. The number of halogens is 2. The van der Waals surface area contributed by atoms with E-state index in [-0.39, 0.29) is 44.3 Å². The summed E-state index contributed by atoms with van der Waals surface area (Å²) in [5.74, 6) is 0. The van der Waals surface area contributed by atoms with Crippen molar-refractivity contribution in [2.75, 3.05) is 0 Å². The molecule has 60 valence electrons. The molecule has 0 saturated heterocycles. The van der Waals surface area contributed by atoms with Crippen LogP contribution < -0.4 is 29.4 Å². The predicted octanol–water partition coefficient (Wildman–Crippen LogP) is -5.00. The van der Waals surface area contributed by atoms with E-state index in [0.717, 1.165) is 6.54 Å². The molecule has 0 aromatic carbocycles. The molecule has 1 aromatic heterocycles. The SMILES string of the molecule is CC[n+]1ccccc1.[Cl-].[Cl-].[Zn]. The average Bonchev–Trinajstić information content (AvgIpc) is 1.90. The number of hydrogen-bond acceptors (Lipinski definition) is 0. The van der Waals surface area contributed by atoms with Crippen molar-refractivity contribution in [3.05, 3.63) is 30.6 Å². The van der Waals surface area contributed by atoms with Crippen molar-refractivity contribution in [2.45, 2.75) is 13.5 Å². The first kappa shape index (κ1) is 17.4. The number of aromatic nitrogens is 1. The monoisotopic (exact) mass is 242 g/mol. The summed E-state index contributed by atoms with van der Waals surface area (Å²) >= 11 is 0. The van der Waals surface area contributed by atoms with E-state index >= 15 is 0 Å². The Morgan fingerprint density at radius 1 is 1.00 bits per heavy atom. The number of aryl methyl sites for hydroxylation is 1. The number of pyridine rings is 1. The van der Waals surface area contributed by atoms with Gasteiger partial charge in [-0.2, -0.15) is 0 Å². The molecule has 0 unspecified atom stereocenters. The third-order valence-electron chi connectivity index (χ3n) is 1.14. The van der Waals surface area contributed by atoms with Crippen molar-refractivity contribution < 1.29 is 48.9 Å². The van der Waals surface area contributed by atoms with Crippen LogP contribution in [0.4, 0.5) is 0 Å². The molecule has 11 heavy (non-hydrogen) atoms. The van der Waals surface area contributed by atoms with Crippen LogP contribution >= 0.6 is 0 Å². The predicted molar refractivity (Wildman–Crippen MR) is 32.3 cm³/mol. The van der Waals surface area contributed by atoms with Crippen LogP contribution in [0.2, 0.25) is 0 Å². The van der Waals surface area contributed by atoms with Gasteiger partial charge in [-0.15, -0.1) is 0 Å². The van der Waals surface area contributed by atoms with Crippen LogP contribution in [-0.4, -0.2) is 0 Å². The van der Waals surface area contributed by atoms with E-state index < -0.39 is 0 Å². The van der Waals surface area contributed by atoms with Crippen LogP contribution in [0.3, 0.4) is 0 Å². The third kappa shape index (κ3) is 6.74. The maximum Gasteiger partial charge on any atom is 0.168 e.